The van der Waals surface area contributed by atoms with Gasteiger partial charge in [0.05, 0.1) is 6.26 Å². The number of hydrogen-bond donors (Lipinski definition) is 2. The van der Waals surface area contributed by atoms with Crippen molar-refractivity contribution >= 4 is 5.97 Å². The number of aliphatic carboxylic acids is 1. The zero-order valence-corrected chi connectivity index (χ0v) is 8.41. The third kappa shape index (κ3) is 1.96. The minimum Gasteiger partial charge on any atom is -0.480 e. The van der Waals surface area contributed by atoms with E-state index < -0.39 is 11.4 Å². The Hall–Kier alpha value is -1.29. The van der Waals surface area contributed by atoms with E-state index in [0.717, 1.165) is 0 Å². The van der Waals surface area contributed by atoms with Gasteiger partial charge in [0.25, 0.3) is 0 Å². The summed E-state index contributed by atoms with van der Waals surface area (Å²) < 4.78 is 5.15. The molecule has 4 nitrogen and oxygen atoms in total. The minimum atomic E-state index is -0.938. The average Bonchev–Trinajstić information content (AvgIpc) is 2.66. The van der Waals surface area contributed by atoms with Crippen LogP contribution in [0.4, 0.5) is 0 Å². The van der Waals surface area contributed by atoms with Gasteiger partial charge in [-0.15, -0.1) is 0 Å². The number of nitrogens with one attached hydrogen (secondary N) is 1. The van der Waals surface area contributed by atoms with E-state index in [1.54, 1.807) is 26.1 Å². The zero-order chi connectivity index (χ0) is 10.6. The van der Waals surface area contributed by atoms with Crippen molar-refractivity contribution in [3.63, 3.8) is 0 Å². The minimum absolute atomic E-state index is 0.500. The number of carboxylic acids is 1. The molecule has 4 heteroatoms. The van der Waals surface area contributed by atoms with Crippen molar-refractivity contribution in [2.45, 2.75) is 18.8 Å². The first-order chi connectivity index (χ1) is 6.61. The van der Waals surface area contributed by atoms with E-state index in [-0.39, 0.29) is 0 Å². The molecule has 0 aromatic carbocycles. The van der Waals surface area contributed by atoms with Crippen LogP contribution >= 0.6 is 0 Å². The molecule has 1 aromatic heterocycles. The lowest BCUT2D eigenvalue weighted by atomic mass is 9.84. The molecular weight excluding hydrogens is 182 g/mol. The summed E-state index contributed by atoms with van der Waals surface area (Å²) in [5.41, 5.74) is -0.938. The summed E-state index contributed by atoms with van der Waals surface area (Å²) >= 11 is 0. The highest BCUT2D eigenvalue weighted by Gasteiger charge is 2.37. The fraction of sp³-hybridized carbons (Fsp3) is 0.500. The van der Waals surface area contributed by atoms with E-state index in [4.69, 9.17) is 9.52 Å². The molecule has 1 unspecified atom stereocenters. The van der Waals surface area contributed by atoms with Crippen LogP contribution in [0.15, 0.2) is 22.8 Å². The number of carboxylic acid groups (broad SMARTS) is 1. The SMILES string of the molecule is CNCCC(C)(C(=O)O)c1ccco1. The molecule has 1 rings (SSSR count). The molecule has 0 amide bonds. The van der Waals surface area contributed by atoms with Gasteiger partial charge in [-0.05, 0) is 39.1 Å². The fourth-order valence-corrected chi connectivity index (χ4v) is 1.30. The molecule has 0 spiro atoms. The third-order valence-corrected chi connectivity index (χ3v) is 2.41. The first-order valence-electron chi connectivity index (χ1n) is 4.53. The topological polar surface area (TPSA) is 62.5 Å². The molecular formula is C10H15NO3. The highest BCUT2D eigenvalue weighted by molar-refractivity contribution is 5.79. The summed E-state index contributed by atoms with van der Waals surface area (Å²) in [6, 6.07) is 3.40. The van der Waals surface area contributed by atoms with Crippen LogP contribution in [0.1, 0.15) is 19.1 Å². The second kappa shape index (κ2) is 4.28. The fourth-order valence-electron chi connectivity index (χ4n) is 1.30. The van der Waals surface area contributed by atoms with Crippen LogP contribution in [0, 0.1) is 0 Å². The van der Waals surface area contributed by atoms with Crippen molar-refractivity contribution in [2.75, 3.05) is 13.6 Å². The Morgan fingerprint density at radius 3 is 2.86 bits per heavy atom. The Labute approximate surface area is 82.9 Å². The predicted octanol–water partition coefficient (Wildman–Crippen LogP) is 1.23. The molecule has 1 aromatic rings. The van der Waals surface area contributed by atoms with E-state index >= 15 is 0 Å². The number of hydrogen-bond acceptors (Lipinski definition) is 3. The monoisotopic (exact) mass is 197 g/mol. The summed E-state index contributed by atoms with van der Waals surface area (Å²) in [5.74, 6) is -0.358. The molecule has 0 saturated heterocycles. The van der Waals surface area contributed by atoms with Crippen molar-refractivity contribution < 1.29 is 14.3 Å². The lowest BCUT2D eigenvalue weighted by Gasteiger charge is -2.21. The van der Waals surface area contributed by atoms with Gasteiger partial charge in [-0.1, -0.05) is 0 Å². The highest BCUT2D eigenvalue weighted by Crippen LogP contribution is 2.27. The summed E-state index contributed by atoms with van der Waals surface area (Å²) in [5, 5.41) is 12.1. The summed E-state index contributed by atoms with van der Waals surface area (Å²) in [6.07, 6.45) is 2.00. The van der Waals surface area contributed by atoms with E-state index in [1.807, 2.05) is 0 Å². The number of carbonyl (C=O) groups is 1. The molecule has 0 radical (unpaired) electrons. The molecule has 0 saturated carbocycles. The van der Waals surface area contributed by atoms with Crippen LogP contribution in [0.2, 0.25) is 0 Å². The van der Waals surface area contributed by atoms with Gasteiger partial charge in [0.1, 0.15) is 11.2 Å². The van der Waals surface area contributed by atoms with Crippen molar-refractivity contribution in [3.8, 4) is 0 Å². The summed E-state index contributed by atoms with van der Waals surface area (Å²) in [7, 11) is 1.80. The van der Waals surface area contributed by atoms with E-state index in [1.165, 1.54) is 6.26 Å². The quantitative estimate of drug-likeness (QED) is 0.745. The Balaban J connectivity index is 2.87. The normalized spacial score (nSPS) is 15.0. The molecule has 78 valence electrons. The van der Waals surface area contributed by atoms with Crippen LogP contribution in [0.25, 0.3) is 0 Å². The van der Waals surface area contributed by atoms with Crippen LogP contribution in [0.5, 0.6) is 0 Å². The molecule has 0 fully saturated rings. The van der Waals surface area contributed by atoms with Crippen molar-refractivity contribution in [2.24, 2.45) is 0 Å². The average molecular weight is 197 g/mol. The van der Waals surface area contributed by atoms with Crippen molar-refractivity contribution in [3.05, 3.63) is 24.2 Å². The highest BCUT2D eigenvalue weighted by atomic mass is 16.4. The summed E-state index contributed by atoms with van der Waals surface area (Å²) in [4.78, 5) is 11.1. The standard InChI is InChI=1S/C10H15NO3/c1-10(9(12)13,5-6-11-2)8-4-3-7-14-8/h3-4,7,11H,5-6H2,1-2H3,(H,12,13). The molecule has 0 aliphatic carbocycles. The number of rotatable bonds is 5. The molecule has 2 N–H and O–H groups in total. The Bertz CT molecular complexity index is 294. The first-order valence-corrected chi connectivity index (χ1v) is 4.53. The molecule has 0 aliphatic rings. The Morgan fingerprint density at radius 2 is 2.43 bits per heavy atom. The van der Waals surface area contributed by atoms with Crippen LogP contribution in [-0.2, 0) is 10.2 Å². The molecule has 0 aliphatic heterocycles. The van der Waals surface area contributed by atoms with E-state index in [0.29, 0.717) is 18.7 Å². The molecule has 0 bridgehead atoms. The lowest BCUT2D eigenvalue weighted by Crippen LogP contribution is -2.34. The maximum atomic E-state index is 11.1. The van der Waals surface area contributed by atoms with Crippen molar-refractivity contribution in [1.29, 1.82) is 0 Å². The molecule has 14 heavy (non-hydrogen) atoms. The summed E-state index contributed by atoms with van der Waals surface area (Å²) in [6.45, 7) is 2.31. The second-order valence-electron chi connectivity index (χ2n) is 3.47. The Morgan fingerprint density at radius 1 is 1.71 bits per heavy atom. The number of furan rings is 1. The third-order valence-electron chi connectivity index (χ3n) is 2.41. The van der Waals surface area contributed by atoms with Crippen LogP contribution < -0.4 is 5.32 Å². The van der Waals surface area contributed by atoms with Gasteiger partial charge in [0.15, 0.2) is 0 Å². The Kier molecular flexibility index (Phi) is 3.30. The van der Waals surface area contributed by atoms with Gasteiger partial charge < -0.3 is 14.8 Å². The lowest BCUT2D eigenvalue weighted by molar-refractivity contribution is -0.144. The molecule has 1 heterocycles. The largest absolute Gasteiger partial charge is 0.480 e. The maximum absolute atomic E-state index is 11.1. The van der Waals surface area contributed by atoms with E-state index in [9.17, 15) is 4.79 Å². The van der Waals surface area contributed by atoms with Gasteiger partial charge in [-0.25, -0.2) is 0 Å². The molecule has 1 atom stereocenters. The van der Waals surface area contributed by atoms with E-state index in [2.05, 4.69) is 5.32 Å². The zero-order valence-electron chi connectivity index (χ0n) is 8.41. The smallest absolute Gasteiger partial charge is 0.317 e. The van der Waals surface area contributed by atoms with Crippen LogP contribution in [0.3, 0.4) is 0 Å². The van der Waals surface area contributed by atoms with Gasteiger partial charge in [0.2, 0.25) is 0 Å². The first kappa shape index (κ1) is 10.8. The predicted molar refractivity (Wildman–Crippen MR) is 52.2 cm³/mol. The maximum Gasteiger partial charge on any atom is 0.317 e. The van der Waals surface area contributed by atoms with Crippen LogP contribution in [-0.4, -0.2) is 24.7 Å². The second-order valence-corrected chi connectivity index (χ2v) is 3.47. The van der Waals surface area contributed by atoms with Gasteiger partial charge in [-0.2, -0.15) is 0 Å². The van der Waals surface area contributed by atoms with Gasteiger partial charge >= 0.3 is 5.97 Å². The van der Waals surface area contributed by atoms with Gasteiger partial charge in [0, 0.05) is 0 Å². The van der Waals surface area contributed by atoms with Crippen molar-refractivity contribution in [1.82, 2.24) is 5.32 Å². The van der Waals surface area contributed by atoms with Gasteiger partial charge in [-0.3, -0.25) is 4.79 Å².